The molecule has 1 heterocycles. The molecular formula is C11H18N2O3S. The minimum Gasteiger partial charge on any atom is -0.480 e. The minimum absolute atomic E-state index is 0.0976. The molecule has 0 radical (unpaired) electrons. The Labute approximate surface area is 105 Å². The van der Waals surface area contributed by atoms with Gasteiger partial charge in [0.2, 0.25) is 0 Å². The van der Waals surface area contributed by atoms with Gasteiger partial charge in [-0.1, -0.05) is 0 Å². The van der Waals surface area contributed by atoms with E-state index in [9.17, 15) is 9.59 Å². The molecule has 6 heteroatoms. The summed E-state index contributed by atoms with van der Waals surface area (Å²) in [5.74, 6) is 1.51. The van der Waals surface area contributed by atoms with Crippen LogP contribution < -0.4 is 0 Å². The van der Waals surface area contributed by atoms with Gasteiger partial charge in [0.1, 0.15) is 6.54 Å². The van der Waals surface area contributed by atoms with E-state index in [4.69, 9.17) is 5.11 Å². The number of urea groups is 1. The maximum absolute atomic E-state index is 12.2. The summed E-state index contributed by atoms with van der Waals surface area (Å²) in [6, 6.07) is -0.0976. The lowest BCUT2D eigenvalue weighted by molar-refractivity contribution is -0.137. The van der Waals surface area contributed by atoms with Gasteiger partial charge in [0.05, 0.1) is 0 Å². The molecule has 2 aliphatic rings. The monoisotopic (exact) mass is 258 g/mol. The van der Waals surface area contributed by atoms with Crippen molar-refractivity contribution in [2.24, 2.45) is 5.92 Å². The highest BCUT2D eigenvalue weighted by Crippen LogP contribution is 2.30. The van der Waals surface area contributed by atoms with Crippen LogP contribution in [0.3, 0.4) is 0 Å². The molecule has 0 bridgehead atoms. The number of hydrogen-bond donors (Lipinski definition) is 1. The molecule has 0 aromatic rings. The Balaban J connectivity index is 1.91. The summed E-state index contributed by atoms with van der Waals surface area (Å²) in [5, 5.41) is 8.85. The largest absolute Gasteiger partial charge is 0.480 e. The van der Waals surface area contributed by atoms with Crippen molar-refractivity contribution in [3.05, 3.63) is 0 Å². The topological polar surface area (TPSA) is 60.9 Å². The fraction of sp³-hybridized carbons (Fsp3) is 0.818. The summed E-state index contributed by atoms with van der Waals surface area (Å²) in [6.07, 6.45) is 2.25. The zero-order valence-electron chi connectivity index (χ0n) is 9.80. The van der Waals surface area contributed by atoms with Crippen LogP contribution in [0, 0.1) is 5.92 Å². The molecule has 0 aromatic carbocycles. The third kappa shape index (κ3) is 3.80. The van der Waals surface area contributed by atoms with E-state index in [0.29, 0.717) is 12.5 Å². The van der Waals surface area contributed by atoms with Crippen LogP contribution in [-0.2, 0) is 4.79 Å². The first-order chi connectivity index (χ1) is 8.16. The van der Waals surface area contributed by atoms with Crippen LogP contribution in [0.1, 0.15) is 12.8 Å². The Morgan fingerprint density at radius 1 is 1.29 bits per heavy atom. The predicted octanol–water partition coefficient (Wildman–Crippen LogP) is 0.952. The molecular weight excluding hydrogens is 240 g/mol. The Bertz CT molecular complexity index is 301. The van der Waals surface area contributed by atoms with Crippen molar-refractivity contribution in [2.75, 3.05) is 37.7 Å². The number of amides is 2. The lowest BCUT2D eigenvalue weighted by Crippen LogP contribution is -2.48. The molecule has 1 aliphatic carbocycles. The van der Waals surface area contributed by atoms with E-state index in [1.165, 1.54) is 4.90 Å². The first-order valence-electron chi connectivity index (χ1n) is 6.00. The standard InChI is InChI=1S/C11H18N2O3S/c14-10(15)8-13(7-9-1-2-9)11(16)12-3-5-17-6-4-12/h9H,1-8H2,(H,14,15). The van der Waals surface area contributed by atoms with Crippen molar-refractivity contribution < 1.29 is 14.7 Å². The van der Waals surface area contributed by atoms with E-state index in [2.05, 4.69) is 0 Å². The van der Waals surface area contributed by atoms with Gasteiger partial charge in [-0.3, -0.25) is 4.79 Å². The van der Waals surface area contributed by atoms with E-state index in [1.807, 2.05) is 11.8 Å². The smallest absolute Gasteiger partial charge is 0.323 e. The number of carbonyl (C=O) groups is 2. The van der Waals surface area contributed by atoms with Crippen molar-refractivity contribution >= 4 is 23.8 Å². The Morgan fingerprint density at radius 3 is 2.47 bits per heavy atom. The third-order valence-electron chi connectivity index (χ3n) is 3.05. The summed E-state index contributed by atoms with van der Waals surface area (Å²) in [4.78, 5) is 26.2. The molecule has 0 aromatic heterocycles. The van der Waals surface area contributed by atoms with Crippen LogP contribution in [0.25, 0.3) is 0 Å². The number of rotatable bonds is 4. The van der Waals surface area contributed by atoms with Crippen LogP contribution in [0.2, 0.25) is 0 Å². The van der Waals surface area contributed by atoms with E-state index in [0.717, 1.165) is 37.4 Å². The highest BCUT2D eigenvalue weighted by atomic mass is 32.2. The highest BCUT2D eigenvalue weighted by molar-refractivity contribution is 7.99. The predicted molar refractivity (Wildman–Crippen MR) is 66.2 cm³/mol. The Morgan fingerprint density at radius 2 is 1.94 bits per heavy atom. The molecule has 0 spiro atoms. The van der Waals surface area contributed by atoms with E-state index >= 15 is 0 Å². The molecule has 17 heavy (non-hydrogen) atoms. The second-order valence-corrected chi connectivity index (χ2v) is 5.82. The number of nitrogens with zero attached hydrogens (tertiary/aromatic N) is 2. The van der Waals surface area contributed by atoms with Crippen LogP contribution in [0.4, 0.5) is 4.79 Å². The van der Waals surface area contributed by atoms with Gasteiger partial charge in [0, 0.05) is 31.1 Å². The Hall–Kier alpha value is -0.910. The van der Waals surface area contributed by atoms with Crippen molar-refractivity contribution in [1.29, 1.82) is 0 Å². The summed E-state index contributed by atoms with van der Waals surface area (Å²) < 4.78 is 0. The first-order valence-corrected chi connectivity index (χ1v) is 7.15. The van der Waals surface area contributed by atoms with Gasteiger partial charge in [-0.15, -0.1) is 0 Å². The minimum atomic E-state index is -0.926. The van der Waals surface area contributed by atoms with E-state index < -0.39 is 5.97 Å². The van der Waals surface area contributed by atoms with Gasteiger partial charge < -0.3 is 14.9 Å². The molecule has 0 atom stereocenters. The number of hydrogen-bond acceptors (Lipinski definition) is 3. The molecule has 1 N–H and O–H groups in total. The van der Waals surface area contributed by atoms with Crippen molar-refractivity contribution in [1.82, 2.24) is 9.80 Å². The fourth-order valence-corrected chi connectivity index (χ4v) is 2.84. The molecule has 2 amide bonds. The fourth-order valence-electron chi connectivity index (χ4n) is 1.94. The second kappa shape index (κ2) is 5.62. The lowest BCUT2D eigenvalue weighted by atomic mass is 10.3. The number of carboxylic acids is 1. The first kappa shape index (κ1) is 12.5. The van der Waals surface area contributed by atoms with Crippen LogP contribution in [0.5, 0.6) is 0 Å². The van der Waals surface area contributed by atoms with Crippen LogP contribution in [-0.4, -0.2) is 64.6 Å². The van der Waals surface area contributed by atoms with E-state index in [-0.39, 0.29) is 12.6 Å². The van der Waals surface area contributed by atoms with Crippen LogP contribution >= 0.6 is 11.8 Å². The summed E-state index contributed by atoms with van der Waals surface area (Å²) in [5.41, 5.74) is 0. The van der Waals surface area contributed by atoms with Gasteiger partial charge in [0.15, 0.2) is 0 Å². The quantitative estimate of drug-likeness (QED) is 0.815. The SMILES string of the molecule is O=C(O)CN(CC1CC1)C(=O)N1CCSCC1. The van der Waals surface area contributed by atoms with Crippen LogP contribution in [0.15, 0.2) is 0 Å². The molecule has 96 valence electrons. The number of carboxylic acid groups (broad SMARTS) is 1. The number of carbonyl (C=O) groups excluding carboxylic acids is 1. The van der Waals surface area contributed by atoms with Gasteiger partial charge >= 0.3 is 12.0 Å². The molecule has 5 nitrogen and oxygen atoms in total. The highest BCUT2D eigenvalue weighted by Gasteiger charge is 2.30. The molecule has 1 saturated heterocycles. The number of thioether (sulfide) groups is 1. The maximum Gasteiger partial charge on any atom is 0.323 e. The molecule has 2 fully saturated rings. The van der Waals surface area contributed by atoms with Gasteiger partial charge in [-0.2, -0.15) is 11.8 Å². The molecule has 1 aliphatic heterocycles. The normalized spacial score (nSPS) is 20.1. The zero-order chi connectivity index (χ0) is 12.3. The molecule has 1 saturated carbocycles. The van der Waals surface area contributed by atoms with Crippen molar-refractivity contribution in [3.8, 4) is 0 Å². The van der Waals surface area contributed by atoms with Gasteiger partial charge in [-0.05, 0) is 18.8 Å². The lowest BCUT2D eigenvalue weighted by Gasteiger charge is -2.32. The summed E-state index contributed by atoms with van der Waals surface area (Å²) >= 11 is 1.84. The van der Waals surface area contributed by atoms with Gasteiger partial charge in [0.25, 0.3) is 0 Å². The number of aliphatic carboxylic acids is 1. The maximum atomic E-state index is 12.2. The summed E-state index contributed by atoms with van der Waals surface area (Å²) in [6.45, 7) is 1.92. The average molecular weight is 258 g/mol. The third-order valence-corrected chi connectivity index (χ3v) is 4.00. The second-order valence-electron chi connectivity index (χ2n) is 4.60. The zero-order valence-corrected chi connectivity index (χ0v) is 10.6. The average Bonchev–Trinajstić information content (AvgIpc) is 3.12. The summed E-state index contributed by atoms with van der Waals surface area (Å²) in [7, 11) is 0. The van der Waals surface area contributed by atoms with Gasteiger partial charge in [-0.25, -0.2) is 4.79 Å². The Kier molecular flexibility index (Phi) is 4.15. The molecule has 0 unspecified atom stereocenters. The van der Waals surface area contributed by atoms with E-state index in [1.54, 1.807) is 4.90 Å². The molecule has 2 rings (SSSR count). The van der Waals surface area contributed by atoms with Crippen molar-refractivity contribution in [2.45, 2.75) is 12.8 Å². The van der Waals surface area contributed by atoms with Crippen molar-refractivity contribution in [3.63, 3.8) is 0 Å².